The molecule has 0 bridgehead atoms. The third kappa shape index (κ3) is 4.05. The zero-order chi connectivity index (χ0) is 25.4. The second kappa shape index (κ2) is 9.59. The molecule has 0 N–H and O–H groups in total. The van der Waals surface area contributed by atoms with Gasteiger partial charge in [0.1, 0.15) is 0 Å². The molecule has 1 aliphatic rings. The molecule has 5 rings (SSSR count). The Morgan fingerprint density at radius 3 is 2.39 bits per heavy atom. The maximum atomic E-state index is 13.8. The molecule has 1 aliphatic heterocycles. The van der Waals surface area contributed by atoms with E-state index in [4.69, 9.17) is 4.74 Å². The van der Waals surface area contributed by atoms with Crippen molar-refractivity contribution in [2.75, 3.05) is 6.61 Å². The first kappa shape index (κ1) is 23.8. The smallest absolute Gasteiger partial charge is 0.338 e. The highest BCUT2D eigenvalue weighted by Gasteiger charge is 2.33. The zero-order valence-corrected chi connectivity index (χ0v) is 21.5. The summed E-state index contributed by atoms with van der Waals surface area (Å²) in [4.78, 5) is 32.0. The van der Waals surface area contributed by atoms with Crippen LogP contribution in [0.15, 0.2) is 87.8 Å². The summed E-state index contributed by atoms with van der Waals surface area (Å²) >= 11 is 1.34. The van der Waals surface area contributed by atoms with E-state index in [1.165, 1.54) is 11.3 Å². The number of rotatable bonds is 5. The van der Waals surface area contributed by atoms with Gasteiger partial charge in [-0.2, -0.15) is 0 Å². The lowest BCUT2D eigenvalue weighted by Crippen LogP contribution is -2.39. The Balaban J connectivity index is 1.70. The summed E-state index contributed by atoms with van der Waals surface area (Å²) in [6, 6.07) is 21.2. The molecule has 0 saturated heterocycles. The summed E-state index contributed by atoms with van der Waals surface area (Å²) in [7, 11) is 0. The minimum absolute atomic E-state index is 0.175. The predicted octanol–water partition coefficient (Wildman–Crippen LogP) is 4.21. The third-order valence-electron chi connectivity index (χ3n) is 6.40. The monoisotopic (exact) mass is 497 g/mol. The third-order valence-corrected chi connectivity index (χ3v) is 7.39. The van der Waals surface area contributed by atoms with Crippen molar-refractivity contribution in [3.63, 3.8) is 0 Å². The molecule has 0 spiro atoms. The zero-order valence-electron chi connectivity index (χ0n) is 20.7. The van der Waals surface area contributed by atoms with Crippen LogP contribution in [0.2, 0.25) is 0 Å². The molecule has 36 heavy (non-hydrogen) atoms. The van der Waals surface area contributed by atoms with Crippen LogP contribution in [0.25, 0.3) is 11.8 Å². The second-order valence-electron chi connectivity index (χ2n) is 8.71. The van der Waals surface area contributed by atoms with E-state index in [0.29, 0.717) is 20.6 Å². The van der Waals surface area contributed by atoms with Gasteiger partial charge in [-0.25, -0.2) is 9.79 Å². The van der Waals surface area contributed by atoms with E-state index < -0.39 is 12.0 Å². The molecule has 2 aromatic heterocycles. The number of aryl methyl sites for hydroxylation is 1. The Morgan fingerprint density at radius 1 is 1.06 bits per heavy atom. The minimum Gasteiger partial charge on any atom is -0.463 e. The molecule has 0 radical (unpaired) electrons. The quantitative estimate of drug-likeness (QED) is 0.388. The van der Waals surface area contributed by atoms with Gasteiger partial charge in [-0.05, 0) is 63.1 Å². The van der Waals surface area contributed by atoms with Gasteiger partial charge < -0.3 is 9.30 Å². The van der Waals surface area contributed by atoms with Crippen LogP contribution in [0.5, 0.6) is 0 Å². The lowest BCUT2D eigenvalue weighted by atomic mass is 9.96. The van der Waals surface area contributed by atoms with Crippen LogP contribution in [0.1, 0.15) is 42.4 Å². The summed E-state index contributed by atoms with van der Waals surface area (Å²) in [5.74, 6) is -0.451. The van der Waals surface area contributed by atoms with Gasteiger partial charge in [-0.1, -0.05) is 59.9 Å². The number of fused-ring (bicyclic) bond motifs is 1. The number of ether oxygens (including phenoxy) is 1. The largest absolute Gasteiger partial charge is 0.463 e. The first-order valence-electron chi connectivity index (χ1n) is 11.9. The van der Waals surface area contributed by atoms with Gasteiger partial charge in [0, 0.05) is 17.1 Å². The number of carbonyl (C=O) groups is 1. The molecular formula is C29H27N3O3S. The Morgan fingerprint density at radius 2 is 1.72 bits per heavy atom. The summed E-state index contributed by atoms with van der Waals surface area (Å²) < 4.78 is 9.73. The molecule has 4 aromatic rings. The van der Waals surface area contributed by atoms with E-state index in [1.54, 1.807) is 18.4 Å². The molecule has 1 atom stereocenters. The van der Waals surface area contributed by atoms with E-state index in [0.717, 1.165) is 28.2 Å². The van der Waals surface area contributed by atoms with Gasteiger partial charge in [-0.15, -0.1) is 0 Å². The average molecular weight is 498 g/mol. The van der Waals surface area contributed by atoms with Gasteiger partial charge in [0.05, 0.1) is 28.5 Å². The Bertz CT molecular complexity index is 1660. The molecule has 0 amide bonds. The Hall–Kier alpha value is -3.97. The van der Waals surface area contributed by atoms with Crippen LogP contribution < -0.4 is 14.9 Å². The maximum absolute atomic E-state index is 13.8. The molecular weight excluding hydrogens is 470 g/mol. The normalized spacial score (nSPS) is 15.6. The molecule has 0 aliphatic carbocycles. The van der Waals surface area contributed by atoms with Gasteiger partial charge in [0.25, 0.3) is 5.56 Å². The van der Waals surface area contributed by atoms with Gasteiger partial charge >= 0.3 is 5.97 Å². The first-order chi connectivity index (χ1) is 17.4. The number of hydrogen-bond donors (Lipinski definition) is 0. The summed E-state index contributed by atoms with van der Waals surface area (Å²) in [6.07, 6.45) is 1.93. The highest BCUT2D eigenvalue weighted by Crippen LogP contribution is 2.30. The van der Waals surface area contributed by atoms with E-state index in [1.807, 2.05) is 54.6 Å². The summed E-state index contributed by atoms with van der Waals surface area (Å²) in [5.41, 5.74) is 5.80. The number of esters is 1. The topological polar surface area (TPSA) is 65.6 Å². The van der Waals surface area contributed by atoms with Crippen molar-refractivity contribution in [2.45, 2.75) is 33.7 Å². The highest BCUT2D eigenvalue weighted by atomic mass is 32.1. The van der Waals surface area contributed by atoms with Crippen LogP contribution in [-0.2, 0) is 9.53 Å². The van der Waals surface area contributed by atoms with Gasteiger partial charge in [0.2, 0.25) is 0 Å². The van der Waals surface area contributed by atoms with Crippen LogP contribution in [0, 0.1) is 13.8 Å². The summed E-state index contributed by atoms with van der Waals surface area (Å²) in [5, 5.41) is 0. The molecule has 6 nitrogen and oxygen atoms in total. The molecule has 182 valence electrons. The van der Waals surface area contributed by atoms with Crippen molar-refractivity contribution >= 4 is 23.4 Å². The standard InChI is InChI=1S/C29H27N3O3S/c1-5-35-28(34)25-19(3)30-29-32(26(25)21-12-8-6-9-13-21)27(33)24(36-29)17-22-16-18(2)31(20(22)4)23-14-10-7-11-15-23/h6-17,26H,5H2,1-4H3/b24-17+/t26-/m0/s1. The van der Waals surface area contributed by atoms with Crippen LogP contribution in [-0.4, -0.2) is 21.7 Å². The van der Waals surface area contributed by atoms with Gasteiger partial charge in [0.15, 0.2) is 4.80 Å². The van der Waals surface area contributed by atoms with Crippen molar-refractivity contribution in [3.8, 4) is 5.69 Å². The Kier molecular flexibility index (Phi) is 6.33. The van der Waals surface area contributed by atoms with Crippen molar-refractivity contribution in [3.05, 3.63) is 120 Å². The number of nitrogens with zero attached hydrogens (tertiary/aromatic N) is 3. The number of allylic oxidation sites excluding steroid dienone is 1. The summed E-state index contributed by atoms with van der Waals surface area (Å²) in [6.45, 7) is 7.93. The molecule has 0 saturated carbocycles. The molecule has 0 unspecified atom stereocenters. The second-order valence-corrected chi connectivity index (χ2v) is 9.72. The van der Waals surface area contributed by atoms with Crippen molar-refractivity contribution in [1.29, 1.82) is 0 Å². The van der Waals surface area contributed by atoms with Crippen LogP contribution in [0.4, 0.5) is 0 Å². The lowest BCUT2D eigenvalue weighted by Gasteiger charge is -2.24. The number of para-hydroxylation sites is 1. The fourth-order valence-corrected chi connectivity index (χ4v) is 5.83. The number of benzene rings is 2. The molecule has 2 aromatic carbocycles. The number of hydrogen-bond acceptors (Lipinski definition) is 5. The van der Waals surface area contributed by atoms with E-state index in [2.05, 4.69) is 41.6 Å². The first-order valence-corrected chi connectivity index (χ1v) is 12.7. The SMILES string of the molecule is CCOC(=O)C1=C(C)N=c2s/c(=C/c3cc(C)n(-c4ccccc4)c3C)c(=O)n2[C@H]1c1ccccc1. The van der Waals surface area contributed by atoms with Crippen molar-refractivity contribution in [1.82, 2.24) is 9.13 Å². The van der Waals surface area contributed by atoms with Crippen molar-refractivity contribution in [2.24, 2.45) is 4.99 Å². The van der Waals surface area contributed by atoms with E-state index in [9.17, 15) is 9.59 Å². The van der Waals surface area contributed by atoms with Crippen LogP contribution >= 0.6 is 11.3 Å². The number of thiazole rings is 1. The molecule has 7 heteroatoms. The van der Waals surface area contributed by atoms with Crippen molar-refractivity contribution < 1.29 is 9.53 Å². The fourth-order valence-electron chi connectivity index (χ4n) is 4.79. The van der Waals surface area contributed by atoms with E-state index >= 15 is 0 Å². The Labute approximate surface area is 213 Å². The highest BCUT2D eigenvalue weighted by molar-refractivity contribution is 7.07. The average Bonchev–Trinajstić information content (AvgIpc) is 3.33. The number of carbonyl (C=O) groups excluding carboxylic acids is 1. The molecule has 3 heterocycles. The fraction of sp³-hybridized carbons (Fsp3) is 0.207. The van der Waals surface area contributed by atoms with E-state index in [-0.39, 0.29) is 12.2 Å². The predicted molar refractivity (Wildman–Crippen MR) is 142 cm³/mol. The minimum atomic E-state index is -0.597. The van der Waals surface area contributed by atoms with Gasteiger partial charge in [-0.3, -0.25) is 9.36 Å². The number of aromatic nitrogens is 2. The van der Waals surface area contributed by atoms with Crippen LogP contribution in [0.3, 0.4) is 0 Å². The lowest BCUT2D eigenvalue weighted by molar-refractivity contribution is -0.139. The molecule has 0 fully saturated rings. The maximum Gasteiger partial charge on any atom is 0.338 e.